The number of hydrogen-bond acceptors (Lipinski definition) is 5. The maximum absolute atomic E-state index is 12.3. The van der Waals surface area contributed by atoms with E-state index >= 15 is 0 Å². The van der Waals surface area contributed by atoms with Crippen molar-refractivity contribution in [2.24, 2.45) is 5.73 Å². The van der Waals surface area contributed by atoms with Crippen LogP contribution in [-0.2, 0) is 14.3 Å². The first-order chi connectivity index (χ1) is 10.9. The number of carbonyl (C=O) groups excluding carboxylic acids is 1. The lowest BCUT2D eigenvalue weighted by atomic mass is 9.83. The zero-order chi connectivity index (χ0) is 17.1. The van der Waals surface area contributed by atoms with Gasteiger partial charge in [0.25, 0.3) is 0 Å². The Kier molecular flexibility index (Phi) is 5.19. The molecule has 7 heteroatoms. The van der Waals surface area contributed by atoms with E-state index in [1.165, 1.54) is 0 Å². The van der Waals surface area contributed by atoms with Gasteiger partial charge in [-0.25, -0.2) is 4.79 Å². The molecule has 0 amide bonds. The minimum absolute atomic E-state index is 0.0703. The van der Waals surface area contributed by atoms with Crippen LogP contribution in [0.4, 0.5) is 0 Å². The predicted molar refractivity (Wildman–Crippen MR) is 86.4 cm³/mol. The van der Waals surface area contributed by atoms with Crippen LogP contribution in [0.25, 0.3) is 0 Å². The standard InChI is InChI=1S/C16H14Cl2N2O3/c1-3-22-16(21)12-8(2)23-15(20)10(7-19)13(12)9-5-4-6-11(17)14(9)18/h4-6,13H,3,20H2,1-2H3/t13-/m0/s1. The topological polar surface area (TPSA) is 85.3 Å². The van der Waals surface area contributed by atoms with Crippen LogP contribution < -0.4 is 5.73 Å². The summed E-state index contributed by atoms with van der Waals surface area (Å²) in [4.78, 5) is 12.3. The van der Waals surface area contributed by atoms with E-state index < -0.39 is 11.9 Å². The lowest BCUT2D eigenvalue weighted by Gasteiger charge is -2.27. The zero-order valence-electron chi connectivity index (χ0n) is 12.5. The van der Waals surface area contributed by atoms with Gasteiger partial charge >= 0.3 is 5.97 Å². The van der Waals surface area contributed by atoms with Gasteiger partial charge in [0.05, 0.1) is 28.1 Å². The third-order valence-electron chi connectivity index (χ3n) is 3.39. The second-order valence-electron chi connectivity index (χ2n) is 4.76. The van der Waals surface area contributed by atoms with E-state index in [1.54, 1.807) is 32.0 Å². The average molecular weight is 353 g/mol. The Morgan fingerprint density at radius 1 is 1.48 bits per heavy atom. The Labute approximate surface area is 143 Å². The molecule has 0 saturated heterocycles. The van der Waals surface area contributed by atoms with Gasteiger partial charge in [0.15, 0.2) is 0 Å². The van der Waals surface area contributed by atoms with Gasteiger partial charge in [-0.1, -0.05) is 35.3 Å². The van der Waals surface area contributed by atoms with Crippen LogP contribution in [-0.4, -0.2) is 12.6 Å². The first-order valence-electron chi connectivity index (χ1n) is 6.81. The van der Waals surface area contributed by atoms with Gasteiger partial charge in [-0.05, 0) is 25.5 Å². The van der Waals surface area contributed by atoms with Crippen molar-refractivity contribution in [3.8, 4) is 6.07 Å². The smallest absolute Gasteiger partial charge is 0.338 e. The molecule has 1 aromatic carbocycles. The highest BCUT2D eigenvalue weighted by atomic mass is 35.5. The summed E-state index contributed by atoms with van der Waals surface area (Å²) in [6.45, 7) is 3.46. The van der Waals surface area contributed by atoms with Crippen LogP contribution in [0, 0.1) is 11.3 Å². The molecular formula is C16H14Cl2N2O3. The largest absolute Gasteiger partial charge is 0.463 e. The Bertz CT molecular complexity index is 763. The summed E-state index contributed by atoms with van der Waals surface area (Å²) in [5.41, 5.74) is 6.56. The van der Waals surface area contributed by atoms with Crippen molar-refractivity contribution in [1.82, 2.24) is 0 Å². The van der Waals surface area contributed by atoms with Crippen molar-refractivity contribution < 1.29 is 14.3 Å². The summed E-state index contributed by atoms with van der Waals surface area (Å²) in [5.74, 6) is -1.19. The van der Waals surface area contributed by atoms with E-state index in [0.717, 1.165) is 0 Å². The third-order valence-corrected chi connectivity index (χ3v) is 4.23. The maximum atomic E-state index is 12.3. The molecule has 0 spiro atoms. The Morgan fingerprint density at radius 3 is 2.78 bits per heavy atom. The number of nitrogens with two attached hydrogens (primary N) is 1. The molecule has 1 aliphatic heterocycles. The fourth-order valence-corrected chi connectivity index (χ4v) is 2.83. The molecule has 0 aromatic heterocycles. The number of benzene rings is 1. The summed E-state index contributed by atoms with van der Waals surface area (Å²) < 4.78 is 10.4. The third kappa shape index (κ3) is 3.14. The number of hydrogen-bond donors (Lipinski definition) is 1. The molecule has 1 aliphatic rings. The van der Waals surface area contributed by atoms with Gasteiger partial charge < -0.3 is 15.2 Å². The maximum Gasteiger partial charge on any atom is 0.338 e. The zero-order valence-corrected chi connectivity index (χ0v) is 14.0. The van der Waals surface area contributed by atoms with Crippen molar-refractivity contribution in [2.75, 3.05) is 6.61 Å². The molecule has 2 N–H and O–H groups in total. The quantitative estimate of drug-likeness (QED) is 0.839. The lowest BCUT2D eigenvalue weighted by molar-refractivity contribution is -0.139. The average Bonchev–Trinajstić information content (AvgIpc) is 2.49. The van der Waals surface area contributed by atoms with E-state index in [-0.39, 0.29) is 34.4 Å². The van der Waals surface area contributed by atoms with Crippen molar-refractivity contribution in [3.05, 3.63) is 56.6 Å². The van der Waals surface area contributed by atoms with Gasteiger partial charge in [-0.15, -0.1) is 0 Å². The molecule has 2 rings (SSSR count). The van der Waals surface area contributed by atoms with Crippen molar-refractivity contribution in [1.29, 1.82) is 5.26 Å². The summed E-state index contributed by atoms with van der Waals surface area (Å²) in [7, 11) is 0. The molecule has 0 fully saturated rings. The molecule has 0 unspecified atom stereocenters. The fourth-order valence-electron chi connectivity index (χ4n) is 2.41. The van der Waals surface area contributed by atoms with Crippen LogP contribution in [0.1, 0.15) is 25.3 Å². The number of halogens is 2. The second-order valence-corrected chi connectivity index (χ2v) is 5.54. The van der Waals surface area contributed by atoms with E-state index in [9.17, 15) is 10.1 Å². The molecule has 0 radical (unpaired) electrons. The first kappa shape index (κ1) is 17.2. The SMILES string of the molecule is CCOC(=O)C1=C(C)OC(N)=C(C#N)[C@@H]1c1cccc(Cl)c1Cl. The summed E-state index contributed by atoms with van der Waals surface area (Å²) in [6, 6.07) is 6.96. The molecule has 1 aromatic rings. The molecule has 5 nitrogen and oxygen atoms in total. The van der Waals surface area contributed by atoms with Crippen molar-refractivity contribution in [3.63, 3.8) is 0 Å². The molecule has 23 heavy (non-hydrogen) atoms. The minimum atomic E-state index is -0.793. The van der Waals surface area contributed by atoms with Crippen LogP contribution in [0.3, 0.4) is 0 Å². The second kappa shape index (κ2) is 6.95. The van der Waals surface area contributed by atoms with Gasteiger partial charge in [-0.2, -0.15) is 5.26 Å². The number of carbonyl (C=O) groups is 1. The van der Waals surface area contributed by atoms with Gasteiger partial charge in [0, 0.05) is 0 Å². The molecular weight excluding hydrogens is 339 g/mol. The summed E-state index contributed by atoms with van der Waals surface area (Å²) >= 11 is 12.3. The van der Waals surface area contributed by atoms with Crippen molar-refractivity contribution >= 4 is 29.2 Å². The van der Waals surface area contributed by atoms with E-state index in [1.807, 2.05) is 6.07 Å². The van der Waals surface area contributed by atoms with Crippen LogP contribution in [0.2, 0.25) is 10.0 Å². The normalized spacial score (nSPS) is 17.6. The summed E-state index contributed by atoms with van der Waals surface area (Å²) in [6.07, 6.45) is 0. The van der Waals surface area contributed by atoms with E-state index in [2.05, 4.69) is 0 Å². The van der Waals surface area contributed by atoms with Gasteiger partial charge in [0.2, 0.25) is 5.88 Å². The van der Waals surface area contributed by atoms with Crippen LogP contribution >= 0.6 is 23.2 Å². The molecule has 0 bridgehead atoms. The Hall–Kier alpha value is -2.16. The first-order valence-corrected chi connectivity index (χ1v) is 7.57. The number of rotatable bonds is 3. The number of ether oxygens (including phenoxy) is 2. The highest BCUT2D eigenvalue weighted by Crippen LogP contribution is 2.43. The molecule has 0 aliphatic carbocycles. The number of allylic oxidation sites excluding steroid dienone is 2. The van der Waals surface area contributed by atoms with Crippen LogP contribution in [0.5, 0.6) is 0 Å². The molecule has 1 heterocycles. The molecule has 120 valence electrons. The van der Waals surface area contributed by atoms with Gasteiger partial charge in [0.1, 0.15) is 17.4 Å². The van der Waals surface area contributed by atoms with E-state index in [4.69, 9.17) is 38.4 Å². The highest BCUT2D eigenvalue weighted by Gasteiger charge is 2.37. The van der Waals surface area contributed by atoms with E-state index in [0.29, 0.717) is 10.6 Å². The minimum Gasteiger partial charge on any atom is -0.463 e. The summed E-state index contributed by atoms with van der Waals surface area (Å²) in [5, 5.41) is 10.0. The number of nitriles is 1. The van der Waals surface area contributed by atoms with Gasteiger partial charge in [-0.3, -0.25) is 0 Å². The lowest BCUT2D eigenvalue weighted by Crippen LogP contribution is -2.25. The van der Waals surface area contributed by atoms with Crippen molar-refractivity contribution in [2.45, 2.75) is 19.8 Å². The van der Waals surface area contributed by atoms with Crippen LogP contribution in [0.15, 0.2) is 41.0 Å². The Balaban J connectivity index is 2.69. The monoisotopic (exact) mass is 352 g/mol. The Morgan fingerprint density at radius 2 is 2.17 bits per heavy atom. The fraction of sp³-hybridized carbons (Fsp3) is 0.250. The number of nitrogens with zero attached hydrogens (tertiary/aromatic N) is 1. The highest BCUT2D eigenvalue weighted by molar-refractivity contribution is 6.42. The predicted octanol–water partition coefficient (Wildman–Crippen LogP) is 3.64. The molecule has 1 atom stereocenters. The number of esters is 1. The molecule has 0 saturated carbocycles.